The number of amides is 2. The molecule has 1 heterocycles. The molecule has 0 bridgehead atoms. The van der Waals surface area contributed by atoms with E-state index in [0.29, 0.717) is 18.4 Å². The van der Waals surface area contributed by atoms with E-state index in [9.17, 15) is 19.2 Å². The van der Waals surface area contributed by atoms with Crippen molar-refractivity contribution in [2.24, 2.45) is 0 Å². The highest BCUT2D eigenvalue weighted by molar-refractivity contribution is 5.96. The van der Waals surface area contributed by atoms with Crippen LogP contribution in [-0.2, 0) is 20.8 Å². The lowest BCUT2D eigenvalue weighted by Crippen LogP contribution is -2.49. The molecule has 27 heavy (non-hydrogen) atoms. The molecule has 0 aliphatic heterocycles. The van der Waals surface area contributed by atoms with Crippen molar-refractivity contribution in [3.05, 3.63) is 59.4 Å². The SMILES string of the molecule is C[C@@H](NC(=O)c1ccc(Cc2ccccc2)[nH]1)C(=O)N[C@H](C=O)CC(=O)O. The molecule has 0 unspecified atom stereocenters. The molecule has 2 aromatic rings. The molecule has 0 saturated heterocycles. The lowest BCUT2D eigenvalue weighted by molar-refractivity contribution is -0.138. The van der Waals surface area contributed by atoms with Gasteiger partial charge in [0.15, 0.2) is 0 Å². The first kappa shape index (κ1) is 19.9. The second-order valence-electron chi connectivity index (χ2n) is 6.10. The average molecular weight is 371 g/mol. The Hall–Kier alpha value is -3.42. The summed E-state index contributed by atoms with van der Waals surface area (Å²) in [6, 6.07) is 11.1. The van der Waals surface area contributed by atoms with Gasteiger partial charge in [-0.2, -0.15) is 0 Å². The number of hydrogen-bond acceptors (Lipinski definition) is 4. The van der Waals surface area contributed by atoms with E-state index in [1.54, 1.807) is 12.1 Å². The van der Waals surface area contributed by atoms with Crippen LogP contribution in [0, 0.1) is 0 Å². The number of H-pyrrole nitrogens is 1. The lowest BCUT2D eigenvalue weighted by Gasteiger charge is -2.16. The molecule has 2 atom stereocenters. The molecular formula is C19H21N3O5. The molecular weight excluding hydrogens is 350 g/mol. The summed E-state index contributed by atoms with van der Waals surface area (Å²) in [6.45, 7) is 1.45. The summed E-state index contributed by atoms with van der Waals surface area (Å²) in [5.41, 5.74) is 2.25. The van der Waals surface area contributed by atoms with Gasteiger partial charge in [-0.15, -0.1) is 0 Å². The second kappa shape index (κ2) is 9.33. The van der Waals surface area contributed by atoms with Crippen LogP contribution < -0.4 is 10.6 Å². The van der Waals surface area contributed by atoms with E-state index in [2.05, 4.69) is 15.6 Å². The molecule has 4 N–H and O–H groups in total. The van der Waals surface area contributed by atoms with Gasteiger partial charge < -0.3 is 25.5 Å². The minimum Gasteiger partial charge on any atom is -0.481 e. The van der Waals surface area contributed by atoms with Gasteiger partial charge in [0.25, 0.3) is 5.91 Å². The fourth-order valence-corrected chi connectivity index (χ4v) is 2.46. The van der Waals surface area contributed by atoms with E-state index in [4.69, 9.17) is 5.11 Å². The number of aromatic amines is 1. The summed E-state index contributed by atoms with van der Waals surface area (Å²) >= 11 is 0. The van der Waals surface area contributed by atoms with Gasteiger partial charge in [-0.3, -0.25) is 14.4 Å². The number of benzene rings is 1. The molecule has 0 aliphatic rings. The van der Waals surface area contributed by atoms with Crippen molar-refractivity contribution >= 4 is 24.1 Å². The third-order valence-electron chi connectivity index (χ3n) is 3.86. The van der Waals surface area contributed by atoms with Gasteiger partial charge in [0, 0.05) is 12.1 Å². The van der Waals surface area contributed by atoms with Crippen molar-refractivity contribution < 1.29 is 24.3 Å². The van der Waals surface area contributed by atoms with E-state index >= 15 is 0 Å². The molecule has 2 rings (SSSR count). The van der Waals surface area contributed by atoms with E-state index in [-0.39, 0.29) is 0 Å². The van der Waals surface area contributed by atoms with Crippen LogP contribution in [0.1, 0.15) is 35.1 Å². The Kier molecular flexibility index (Phi) is 6.87. The Balaban J connectivity index is 1.91. The maximum Gasteiger partial charge on any atom is 0.305 e. The molecule has 0 spiro atoms. The van der Waals surface area contributed by atoms with E-state index in [1.807, 2.05) is 30.3 Å². The highest BCUT2D eigenvalue weighted by atomic mass is 16.4. The zero-order valence-corrected chi connectivity index (χ0v) is 14.8. The van der Waals surface area contributed by atoms with Crippen LogP contribution in [-0.4, -0.2) is 46.2 Å². The Morgan fingerprint density at radius 3 is 2.44 bits per heavy atom. The zero-order valence-electron chi connectivity index (χ0n) is 14.8. The van der Waals surface area contributed by atoms with Crippen LogP contribution in [0.15, 0.2) is 42.5 Å². The summed E-state index contributed by atoms with van der Waals surface area (Å²) in [5.74, 6) is -2.32. The molecule has 1 aromatic carbocycles. The standard InChI is InChI=1S/C19H21N3O5/c1-12(18(26)22-15(11-23)10-17(24)25)20-19(27)16-8-7-14(21-16)9-13-5-3-2-4-6-13/h2-8,11-12,15,21H,9-10H2,1H3,(H,20,27)(H,22,26)(H,24,25)/t12-,15+/m1/s1. The number of carboxylic acid groups (broad SMARTS) is 1. The van der Waals surface area contributed by atoms with Crippen molar-refractivity contribution in [3.63, 3.8) is 0 Å². The Labute approximate surface area is 156 Å². The highest BCUT2D eigenvalue weighted by Gasteiger charge is 2.21. The average Bonchev–Trinajstić information content (AvgIpc) is 3.10. The Bertz CT molecular complexity index is 816. The number of carbonyl (C=O) groups excluding carboxylic acids is 3. The summed E-state index contributed by atoms with van der Waals surface area (Å²) in [4.78, 5) is 48.8. The van der Waals surface area contributed by atoms with Crippen LogP contribution in [0.2, 0.25) is 0 Å². The third-order valence-corrected chi connectivity index (χ3v) is 3.86. The summed E-state index contributed by atoms with van der Waals surface area (Å²) in [7, 11) is 0. The molecule has 0 saturated carbocycles. The number of hydrogen-bond donors (Lipinski definition) is 4. The Morgan fingerprint density at radius 2 is 1.81 bits per heavy atom. The quantitative estimate of drug-likeness (QED) is 0.487. The van der Waals surface area contributed by atoms with Crippen molar-refractivity contribution in [2.45, 2.75) is 31.8 Å². The molecule has 1 aromatic heterocycles. The first-order valence-electron chi connectivity index (χ1n) is 8.39. The summed E-state index contributed by atoms with van der Waals surface area (Å²) < 4.78 is 0. The number of rotatable bonds is 9. The third kappa shape index (κ3) is 6.10. The van der Waals surface area contributed by atoms with Gasteiger partial charge in [-0.25, -0.2) is 0 Å². The van der Waals surface area contributed by atoms with Gasteiger partial charge in [-0.1, -0.05) is 30.3 Å². The Morgan fingerprint density at radius 1 is 1.11 bits per heavy atom. The van der Waals surface area contributed by atoms with Gasteiger partial charge in [0.2, 0.25) is 5.91 Å². The normalized spacial score (nSPS) is 12.6. The maximum atomic E-state index is 12.3. The molecule has 8 nitrogen and oxygen atoms in total. The van der Waals surface area contributed by atoms with Crippen LogP contribution in [0.25, 0.3) is 0 Å². The predicted octanol–water partition coefficient (Wildman–Crippen LogP) is 0.882. The van der Waals surface area contributed by atoms with Crippen molar-refractivity contribution in [2.75, 3.05) is 0 Å². The van der Waals surface area contributed by atoms with E-state index in [1.165, 1.54) is 6.92 Å². The fraction of sp³-hybridized carbons (Fsp3) is 0.263. The van der Waals surface area contributed by atoms with Crippen molar-refractivity contribution in [1.82, 2.24) is 15.6 Å². The van der Waals surface area contributed by atoms with Crippen molar-refractivity contribution in [3.8, 4) is 0 Å². The number of carboxylic acids is 1. The first-order valence-corrected chi connectivity index (χ1v) is 8.39. The molecule has 0 aliphatic carbocycles. The molecule has 0 fully saturated rings. The number of carbonyl (C=O) groups is 4. The zero-order chi connectivity index (χ0) is 19.8. The predicted molar refractivity (Wildman–Crippen MR) is 97.2 cm³/mol. The van der Waals surface area contributed by atoms with Gasteiger partial charge >= 0.3 is 5.97 Å². The van der Waals surface area contributed by atoms with E-state index < -0.39 is 36.3 Å². The monoisotopic (exact) mass is 371 g/mol. The first-order chi connectivity index (χ1) is 12.9. The molecule has 8 heteroatoms. The minimum atomic E-state index is -1.21. The van der Waals surface area contributed by atoms with Crippen LogP contribution >= 0.6 is 0 Å². The van der Waals surface area contributed by atoms with Crippen LogP contribution in [0.3, 0.4) is 0 Å². The lowest BCUT2D eigenvalue weighted by atomic mass is 10.1. The smallest absolute Gasteiger partial charge is 0.305 e. The highest BCUT2D eigenvalue weighted by Crippen LogP contribution is 2.09. The molecule has 0 radical (unpaired) electrons. The topological polar surface area (TPSA) is 128 Å². The number of aldehydes is 1. The molecule has 142 valence electrons. The van der Waals surface area contributed by atoms with Crippen molar-refractivity contribution in [1.29, 1.82) is 0 Å². The van der Waals surface area contributed by atoms with Crippen LogP contribution in [0.5, 0.6) is 0 Å². The van der Waals surface area contributed by atoms with Gasteiger partial charge in [-0.05, 0) is 24.6 Å². The largest absolute Gasteiger partial charge is 0.481 e. The number of aromatic nitrogens is 1. The second-order valence-corrected chi connectivity index (χ2v) is 6.10. The summed E-state index contributed by atoms with van der Waals surface area (Å²) in [6.07, 6.45) is 0.469. The fourth-order valence-electron chi connectivity index (χ4n) is 2.46. The van der Waals surface area contributed by atoms with E-state index in [0.717, 1.165) is 11.3 Å². The van der Waals surface area contributed by atoms with Gasteiger partial charge in [0.1, 0.15) is 18.0 Å². The van der Waals surface area contributed by atoms with Crippen LogP contribution in [0.4, 0.5) is 0 Å². The number of nitrogens with one attached hydrogen (secondary N) is 3. The van der Waals surface area contributed by atoms with Gasteiger partial charge in [0.05, 0.1) is 12.5 Å². The summed E-state index contributed by atoms with van der Waals surface area (Å²) in [5, 5.41) is 13.5. The number of aliphatic carboxylic acids is 1. The minimum absolute atomic E-state index is 0.304. The molecule has 2 amide bonds. The maximum absolute atomic E-state index is 12.3.